The molecule has 0 saturated carbocycles. The highest BCUT2D eigenvalue weighted by Crippen LogP contribution is 2.56. The van der Waals surface area contributed by atoms with E-state index in [0.29, 0.717) is 12.2 Å². The van der Waals surface area contributed by atoms with E-state index >= 15 is 0 Å². The van der Waals surface area contributed by atoms with Crippen LogP contribution in [-0.2, 0) is 29.9 Å². The second-order valence-corrected chi connectivity index (χ2v) is 15.8. The maximum absolute atomic E-state index is 13.6. The highest BCUT2D eigenvalue weighted by atomic mass is 28.4. The first-order valence-electron chi connectivity index (χ1n) is 12.0. The quantitative estimate of drug-likeness (QED) is 0.301. The zero-order valence-corrected chi connectivity index (χ0v) is 22.0. The smallest absolute Gasteiger partial charge is 0.329 e. The average Bonchev–Trinajstić information content (AvgIpc) is 2.74. The van der Waals surface area contributed by atoms with Gasteiger partial charge >= 0.3 is 11.9 Å². The third kappa shape index (κ3) is 3.76. The van der Waals surface area contributed by atoms with Gasteiger partial charge in [0.15, 0.2) is 5.41 Å². The standard InChI is InChI=1S/C27H36O5Si/c1-8-30-24(28)27-16-17(2)22(32-33(6,7)26(3,4)5)15-21(27)20-14-13-18-11-9-10-12-19(18)23(20)31-25(27)29/h9-12,21H,8,13-16H2,1-7H3. The Morgan fingerprint density at radius 3 is 2.58 bits per heavy atom. The highest BCUT2D eigenvalue weighted by Gasteiger charge is 2.62. The Labute approximate surface area is 198 Å². The molecule has 33 heavy (non-hydrogen) atoms. The molecular formula is C27H36O5Si. The Morgan fingerprint density at radius 2 is 1.91 bits per heavy atom. The molecule has 6 heteroatoms. The summed E-state index contributed by atoms with van der Waals surface area (Å²) in [5.74, 6) is 0.290. The van der Waals surface area contributed by atoms with Crippen LogP contribution >= 0.6 is 0 Å². The number of rotatable bonds is 4. The van der Waals surface area contributed by atoms with E-state index in [1.54, 1.807) is 6.92 Å². The molecule has 1 aromatic rings. The summed E-state index contributed by atoms with van der Waals surface area (Å²) >= 11 is 0. The number of hydrogen-bond acceptors (Lipinski definition) is 5. The normalized spacial score (nSPS) is 25.1. The molecule has 0 fully saturated rings. The Morgan fingerprint density at radius 1 is 1.21 bits per heavy atom. The predicted molar refractivity (Wildman–Crippen MR) is 131 cm³/mol. The van der Waals surface area contributed by atoms with Crippen LogP contribution in [0.5, 0.6) is 0 Å². The summed E-state index contributed by atoms with van der Waals surface area (Å²) in [7, 11) is -2.08. The van der Waals surface area contributed by atoms with Gasteiger partial charge in [0.05, 0.1) is 12.4 Å². The van der Waals surface area contributed by atoms with Crippen LogP contribution in [0, 0.1) is 11.3 Å². The van der Waals surface area contributed by atoms with Crippen LogP contribution in [0.15, 0.2) is 41.2 Å². The number of ether oxygens (including phenoxy) is 2. The van der Waals surface area contributed by atoms with Crippen molar-refractivity contribution in [3.63, 3.8) is 0 Å². The van der Waals surface area contributed by atoms with Crippen LogP contribution in [0.3, 0.4) is 0 Å². The molecule has 0 aromatic heterocycles. The fourth-order valence-electron chi connectivity index (χ4n) is 5.11. The number of carbonyl (C=O) groups is 2. The highest BCUT2D eigenvalue weighted by molar-refractivity contribution is 6.74. The molecule has 1 aromatic carbocycles. The van der Waals surface area contributed by atoms with Gasteiger partial charge in [0.2, 0.25) is 8.32 Å². The molecule has 0 radical (unpaired) electrons. The van der Waals surface area contributed by atoms with Crippen LogP contribution < -0.4 is 0 Å². The van der Waals surface area contributed by atoms with Crippen molar-refractivity contribution in [2.24, 2.45) is 11.3 Å². The van der Waals surface area contributed by atoms with E-state index in [9.17, 15) is 9.59 Å². The molecule has 2 atom stereocenters. The minimum absolute atomic E-state index is 0.0512. The Kier molecular flexibility index (Phi) is 5.88. The molecule has 178 valence electrons. The lowest BCUT2D eigenvalue weighted by Crippen LogP contribution is -2.53. The lowest BCUT2D eigenvalue weighted by Gasteiger charge is -2.48. The van der Waals surface area contributed by atoms with Crippen molar-refractivity contribution >= 4 is 26.0 Å². The van der Waals surface area contributed by atoms with E-state index in [2.05, 4.69) is 39.9 Å². The Bertz CT molecular complexity index is 1060. The molecule has 0 amide bonds. The summed E-state index contributed by atoms with van der Waals surface area (Å²) in [5.41, 5.74) is 2.79. The minimum atomic E-state index is -2.08. The number of allylic oxidation sites excluding steroid dienone is 3. The summed E-state index contributed by atoms with van der Waals surface area (Å²) in [6.07, 6.45) is 2.42. The number of benzene rings is 1. The number of fused-ring (bicyclic) bond motifs is 4. The van der Waals surface area contributed by atoms with Crippen molar-refractivity contribution in [1.29, 1.82) is 0 Å². The van der Waals surface area contributed by atoms with Gasteiger partial charge in [-0.05, 0) is 68.0 Å². The van der Waals surface area contributed by atoms with Crippen molar-refractivity contribution in [3.8, 4) is 0 Å². The molecule has 5 nitrogen and oxygen atoms in total. The van der Waals surface area contributed by atoms with Crippen molar-refractivity contribution < 1.29 is 23.5 Å². The number of hydrogen-bond donors (Lipinski definition) is 0. The Hall–Kier alpha value is -2.34. The van der Waals surface area contributed by atoms with E-state index in [0.717, 1.165) is 35.3 Å². The van der Waals surface area contributed by atoms with Crippen LogP contribution in [0.2, 0.25) is 18.1 Å². The van der Waals surface area contributed by atoms with E-state index < -0.39 is 25.7 Å². The van der Waals surface area contributed by atoms with Crippen molar-refractivity contribution in [2.45, 2.75) is 78.4 Å². The second-order valence-electron chi connectivity index (χ2n) is 11.1. The molecule has 0 spiro atoms. The van der Waals surface area contributed by atoms with Gasteiger partial charge in [0, 0.05) is 17.9 Å². The first-order valence-corrected chi connectivity index (χ1v) is 14.9. The fourth-order valence-corrected chi connectivity index (χ4v) is 6.29. The molecule has 1 heterocycles. The topological polar surface area (TPSA) is 61.8 Å². The second kappa shape index (κ2) is 8.15. The van der Waals surface area contributed by atoms with E-state index in [-0.39, 0.29) is 24.0 Å². The lowest BCUT2D eigenvalue weighted by molar-refractivity contribution is -0.174. The predicted octanol–water partition coefficient (Wildman–Crippen LogP) is 6.16. The molecule has 2 aliphatic carbocycles. The maximum Gasteiger partial charge on any atom is 0.329 e. The monoisotopic (exact) mass is 468 g/mol. The zero-order valence-electron chi connectivity index (χ0n) is 21.0. The van der Waals surface area contributed by atoms with Gasteiger partial charge in [-0.25, -0.2) is 0 Å². The van der Waals surface area contributed by atoms with Crippen LogP contribution in [0.4, 0.5) is 0 Å². The molecule has 0 saturated heterocycles. The molecular weight excluding hydrogens is 432 g/mol. The first-order chi connectivity index (χ1) is 15.4. The summed E-state index contributed by atoms with van der Waals surface area (Å²) in [5, 5.41) is 0.0512. The van der Waals surface area contributed by atoms with E-state index in [4.69, 9.17) is 13.9 Å². The lowest BCUT2D eigenvalue weighted by atomic mass is 9.60. The first kappa shape index (κ1) is 23.8. The van der Waals surface area contributed by atoms with E-state index in [1.165, 1.54) is 5.56 Å². The van der Waals surface area contributed by atoms with Gasteiger partial charge in [0.25, 0.3) is 0 Å². The molecule has 0 bridgehead atoms. The molecule has 3 aliphatic rings. The molecule has 0 N–H and O–H groups in total. The Balaban J connectivity index is 1.84. The summed E-state index contributed by atoms with van der Waals surface area (Å²) in [4.78, 5) is 27.0. The van der Waals surface area contributed by atoms with Crippen molar-refractivity contribution in [3.05, 3.63) is 52.3 Å². The molecule has 2 unspecified atom stereocenters. The SMILES string of the molecule is CCOC(=O)C12CC(C)=C(O[Si](C)(C)C(C)(C)C)CC1C1=C(OC2=O)c2ccccc2CC1. The van der Waals surface area contributed by atoms with Crippen molar-refractivity contribution in [2.75, 3.05) is 6.61 Å². The van der Waals surface area contributed by atoms with Gasteiger partial charge in [-0.1, -0.05) is 45.0 Å². The van der Waals surface area contributed by atoms with Gasteiger partial charge < -0.3 is 13.9 Å². The zero-order chi connectivity index (χ0) is 24.2. The van der Waals surface area contributed by atoms with Gasteiger partial charge in [-0.15, -0.1) is 0 Å². The third-order valence-electron chi connectivity index (χ3n) is 8.03. The molecule has 1 aliphatic heterocycles. The fraction of sp³-hybridized carbons (Fsp3) is 0.556. The van der Waals surface area contributed by atoms with Crippen LogP contribution in [0.25, 0.3) is 5.76 Å². The van der Waals surface area contributed by atoms with Crippen LogP contribution in [-0.4, -0.2) is 26.9 Å². The average molecular weight is 469 g/mol. The third-order valence-corrected chi connectivity index (χ3v) is 12.4. The van der Waals surface area contributed by atoms with Crippen LogP contribution in [0.1, 0.15) is 65.0 Å². The number of aryl methyl sites for hydroxylation is 1. The summed E-state index contributed by atoms with van der Waals surface area (Å²) in [6.45, 7) is 15.1. The summed E-state index contributed by atoms with van der Waals surface area (Å²) < 4.78 is 18.2. The van der Waals surface area contributed by atoms with Crippen molar-refractivity contribution in [1.82, 2.24) is 0 Å². The largest absolute Gasteiger partial charge is 0.547 e. The minimum Gasteiger partial charge on any atom is -0.547 e. The summed E-state index contributed by atoms with van der Waals surface area (Å²) in [6, 6.07) is 8.06. The maximum atomic E-state index is 13.6. The van der Waals surface area contributed by atoms with Gasteiger partial charge in [0.1, 0.15) is 5.76 Å². The van der Waals surface area contributed by atoms with Gasteiger partial charge in [-0.3, -0.25) is 9.59 Å². The molecule has 4 rings (SSSR count). The van der Waals surface area contributed by atoms with E-state index in [1.807, 2.05) is 25.1 Å². The number of esters is 2. The number of carbonyl (C=O) groups excluding carboxylic acids is 2. The van der Waals surface area contributed by atoms with Gasteiger partial charge in [-0.2, -0.15) is 0 Å².